The lowest BCUT2D eigenvalue weighted by atomic mass is 10.0. The molecule has 1 saturated heterocycles. The first-order valence-electron chi connectivity index (χ1n) is 12.0. The fraction of sp³-hybridized carbons (Fsp3) is 0.333. The van der Waals surface area contributed by atoms with Crippen LogP contribution in [-0.2, 0) is 4.74 Å². The van der Waals surface area contributed by atoms with Crippen molar-refractivity contribution < 1.29 is 9.53 Å². The molecular weight excluding hydrogens is 440 g/mol. The lowest BCUT2D eigenvalue weighted by molar-refractivity contribution is 0.0438. The van der Waals surface area contributed by atoms with Gasteiger partial charge in [-0.15, -0.1) is 0 Å². The van der Waals surface area contributed by atoms with Gasteiger partial charge in [-0.3, -0.25) is 14.9 Å². The number of pyridine rings is 2. The van der Waals surface area contributed by atoms with Crippen LogP contribution in [0.25, 0.3) is 33.5 Å². The number of H-pyrrole nitrogens is 1. The third-order valence-corrected chi connectivity index (χ3v) is 6.29. The van der Waals surface area contributed by atoms with Gasteiger partial charge in [0.2, 0.25) is 0 Å². The highest BCUT2D eigenvalue weighted by Gasteiger charge is 2.21. The van der Waals surface area contributed by atoms with Gasteiger partial charge in [-0.1, -0.05) is 12.1 Å². The lowest BCUT2D eigenvalue weighted by Crippen LogP contribution is -2.54. The van der Waals surface area contributed by atoms with Gasteiger partial charge in [-0.05, 0) is 51.1 Å². The zero-order valence-electron chi connectivity index (χ0n) is 20.3. The summed E-state index contributed by atoms with van der Waals surface area (Å²) in [6.07, 6.45) is 3.31. The number of aryl methyl sites for hydroxylation is 1. The first-order chi connectivity index (χ1) is 17.0. The van der Waals surface area contributed by atoms with Gasteiger partial charge in [0.15, 0.2) is 0 Å². The molecule has 0 saturated carbocycles. The van der Waals surface area contributed by atoms with E-state index in [0.717, 1.165) is 58.9 Å². The van der Waals surface area contributed by atoms with Gasteiger partial charge in [0.25, 0.3) is 0 Å². The van der Waals surface area contributed by atoms with E-state index < -0.39 is 0 Å². The number of aromatic nitrogens is 4. The number of nitrogens with one attached hydrogen (secondary N) is 2. The zero-order chi connectivity index (χ0) is 24.4. The Bertz CT molecular complexity index is 1340. The summed E-state index contributed by atoms with van der Waals surface area (Å²) in [5, 5.41) is 4.26. The van der Waals surface area contributed by atoms with E-state index >= 15 is 0 Å². The molecule has 180 valence electrons. The Balaban J connectivity index is 1.38. The molecule has 8 nitrogen and oxygen atoms in total. The molecular formula is C27H30N6O2. The van der Waals surface area contributed by atoms with Crippen molar-refractivity contribution in [3.05, 3.63) is 66.2 Å². The summed E-state index contributed by atoms with van der Waals surface area (Å²) in [6.45, 7) is 9.28. The summed E-state index contributed by atoms with van der Waals surface area (Å²) >= 11 is 0. The minimum Gasteiger partial charge on any atom is -0.461 e. The van der Waals surface area contributed by atoms with Crippen LogP contribution in [-0.4, -0.2) is 69.1 Å². The predicted octanol–water partition coefficient (Wildman–Crippen LogP) is 3.83. The molecule has 2 atom stereocenters. The van der Waals surface area contributed by atoms with Crippen molar-refractivity contribution in [3.8, 4) is 22.6 Å². The average Bonchev–Trinajstić information content (AvgIpc) is 3.33. The number of nitrogens with zero attached hydrogens (tertiary/aromatic N) is 4. The number of ether oxygens (including phenoxy) is 1. The van der Waals surface area contributed by atoms with Crippen molar-refractivity contribution in [3.63, 3.8) is 0 Å². The van der Waals surface area contributed by atoms with Crippen molar-refractivity contribution in [2.75, 3.05) is 26.2 Å². The predicted molar refractivity (Wildman–Crippen MR) is 136 cm³/mol. The number of piperazine rings is 1. The van der Waals surface area contributed by atoms with Crippen molar-refractivity contribution >= 4 is 16.9 Å². The van der Waals surface area contributed by atoms with Crippen LogP contribution in [0.4, 0.5) is 0 Å². The molecule has 5 rings (SSSR count). The van der Waals surface area contributed by atoms with Crippen molar-refractivity contribution in [1.82, 2.24) is 30.2 Å². The third-order valence-electron chi connectivity index (χ3n) is 6.29. The monoisotopic (exact) mass is 470 g/mol. The smallest absolute Gasteiger partial charge is 0.338 e. The molecule has 1 aliphatic rings. The Morgan fingerprint density at radius 3 is 2.74 bits per heavy atom. The van der Waals surface area contributed by atoms with Crippen LogP contribution in [0, 0.1) is 6.92 Å². The second-order valence-electron chi connectivity index (χ2n) is 9.25. The van der Waals surface area contributed by atoms with E-state index in [1.807, 2.05) is 43.3 Å². The molecule has 0 amide bonds. The third kappa shape index (κ3) is 5.08. The van der Waals surface area contributed by atoms with Gasteiger partial charge >= 0.3 is 5.97 Å². The molecule has 1 aliphatic heterocycles. The molecule has 2 N–H and O–H groups in total. The molecule has 0 spiro atoms. The highest BCUT2D eigenvalue weighted by Crippen LogP contribution is 2.31. The first kappa shape index (κ1) is 23.1. The van der Waals surface area contributed by atoms with Crippen LogP contribution < -0.4 is 5.32 Å². The van der Waals surface area contributed by atoms with E-state index in [4.69, 9.17) is 4.74 Å². The number of carbonyl (C=O) groups is 1. The molecule has 4 aromatic rings. The highest BCUT2D eigenvalue weighted by atomic mass is 16.5. The molecule has 0 unspecified atom stereocenters. The number of hydrogen-bond acceptors (Lipinski definition) is 7. The van der Waals surface area contributed by atoms with E-state index in [1.54, 1.807) is 18.6 Å². The van der Waals surface area contributed by atoms with E-state index in [1.165, 1.54) is 0 Å². The van der Waals surface area contributed by atoms with Gasteiger partial charge in [0, 0.05) is 54.6 Å². The molecule has 1 aromatic carbocycles. The molecule has 4 heterocycles. The van der Waals surface area contributed by atoms with Gasteiger partial charge in [-0.25, -0.2) is 9.78 Å². The van der Waals surface area contributed by atoms with Crippen LogP contribution in [0.5, 0.6) is 0 Å². The second-order valence-corrected chi connectivity index (χ2v) is 9.25. The maximum absolute atomic E-state index is 13.0. The number of hydrogen-bond donors (Lipinski definition) is 2. The molecule has 8 heteroatoms. The Morgan fingerprint density at radius 2 is 1.94 bits per heavy atom. The van der Waals surface area contributed by atoms with Crippen molar-refractivity contribution in [1.29, 1.82) is 0 Å². The fourth-order valence-electron chi connectivity index (χ4n) is 4.83. The summed E-state index contributed by atoms with van der Waals surface area (Å²) in [7, 11) is 0. The molecule has 1 fully saturated rings. The van der Waals surface area contributed by atoms with Crippen molar-refractivity contribution in [2.24, 2.45) is 0 Å². The molecule has 0 radical (unpaired) electrons. The molecule has 0 aliphatic carbocycles. The van der Waals surface area contributed by atoms with E-state index in [0.29, 0.717) is 24.3 Å². The number of esters is 1. The van der Waals surface area contributed by atoms with Crippen LogP contribution in [0.2, 0.25) is 0 Å². The Kier molecular flexibility index (Phi) is 6.57. The number of fused-ring (bicyclic) bond motifs is 1. The summed E-state index contributed by atoms with van der Waals surface area (Å²) in [5.74, 6) is -0.339. The van der Waals surface area contributed by atoms with Crippen LogP contribution in [0.3, 0.4) is 0 Å². The number of aromatic amines is 1. The van der Waals surface area contributed by atoms with Gasteiger partial charge in [-0.2, -0.15) is 0 Å². The topological polar surface area (TPSA) is 96.0 Å². The summed E-state index contributed by atoms with van der Waals surface area (Å²) in [4.78, 5) is 32.2. The van der Waals surface area contributed by atoms with Crippen LogP contribution in [0.15, 0.2) is 55.0 Å². The standard InChI is InChI=1S/C27H30N6O2/c1-17-5-4-6-24(32-17)26-25(29-16-30-26)20-7-8-23-22(13-20)21(9-10-28-23)27(34)35-12-11-33-14-18(2)31-19(3)15-33/h4-10,13,16,18-19,31H,11-12,14-15H2,1-3H3,(H,29,30)/t18-,19+. The molecule has 0 bridgehead atoms. The Hall–Kier alpha value is -3.62. The average molecular weight is 471 g/mol. The minimum atomic E-state index is -0.339. The lowest BCUT2D eigenvalue weighted by Gasteiger charge is -2.35. The molecule has 35 heavy (non-hydrogen) atoms. The quantitative estimate of drug-likeness (QED) is 0.414. The second kappa shape index (κ2) is 9.93. The zero-order valence-corrected chi connectivity index (χ0v) is 20.3. The number of benzene rings is 1. The SMILES string of the molecule is Cc1cccc(-c2[nH]cnc2-c2ccc3nccc(C(=O)OCCN4C[C@@H](C)N[C@@H](C)C4)c3c2)n1. The largest absolute Gasteiger partial charge is 0.461 e. The van der Waals surface area contributed by atoms with Crippen molar-refractivity contribution in [2.45, 2.75) is 32.9 Å². The van der Waals surface area contributed by atoms with Gasteiger partial charge < -0.3 is 15.0 Å². The minimum absolute atomic E-state index is 0.339. The number of carbonyl (C=O) groups excluding carboxylic acids is 1. The van der Waals surface area contributed by atoms with E-state index in [9.17, 15) is 4.79 Å². The fourth-order valence-corrected chi connectivity index (χ4v) is 4.83. The summed E-state index contributed by atoms with van der Waals surface area (Å²) < 4.78 is 5.69. The Morgan fingerprint density at radius 1 is 1.11 bits per heavy atom. The first-order valence-corrected chi connectivity index (χ1v) is 12.0. The van der Waals surface area contributed by atoms with Gasteiger partial charge in [0.05, 0.1) is 34.5 Å². The Labute approximate surface area is 204 Å². The normalized spacial score (nSPS) is 18.6. The van der Waals surface area contributed by atoms with Crippen LogP contribution >= 0.6 is 0 Å². The maximum Gasteiger partial charge on any atom is 0.338 e. The van der Waals surface area contributed by atoms with Gasteiger partial charge in [0.1, 0.15) is 6.61 Å². The number of rotatable bonds is 6. The molecule has 3 aromatic heterocycles. The summed E-state index contributed by atoms with van der Waals surface area (Å²) in [6, 6.07) is 14.3. The van der Waals surface area contributed by atoms with Crippen LogP contribution in [0.1, 0.15) is 29.9 Å². The van der Waals surface area contributed by atoms with E-state index in [-0.39, 0.29) is 5.97 Å². The van der Waals surface area contributed by atoms with E-state index in [2.05, 4.69) is 44.0 Å². The summed E-state index contributed by atoms with van der Waals surface area (Å²) in [5.41, 5.74) is 5.47. The maximum atomic E-state index is 13.0. The highest BCUT2D eigenvalue weighted by molar-refractivity contribution is 6.04. The number of imidazole rings is 1.